The predicted octanol–water partition coefficient (Wildman–Crippen LogP) is 4.81. The van der Waals surface area contributed by atoms with Gasteiger partial charge in [-0.1, -0.05) is 35.5 Å². The normalized spacial score (nSPS) is 10.6. The molecule has 0 atom stereocenters. The van der Waals surface area contributed by atoms with E-state index < -0.39 is 0 Å². The second kappa shape index (κ2) is 7.51. The molecule has 4 rings (SSSR count). The van der Waals surface area contributed by atoms with Gasteiger partial charge in [0.15, 0.2) is 0 Å². The van der Waals surface area contributed by atoms with Crippen molar-refractivity contribution in [2.24, 2.45) is 0 Å². The van der Waals surface area contributed by atoms with E-state index in [2.05, 4.69) is 36.4 Å². The number of pyridine rings is 1. The number of carbonyl (C=O) groups excluding carboxylic acids is 1. The highest BCUT2D eigenvalue weighted by atomic mass is 79.9. The molecule has 0 radical (unpaired) electrons. The molecule has 0 bridgehead atoms. The van der Waals surface area contributed by atoms with Crippen LogP contribution in [0.25, 0.3) is 23.0 Å². The first-order valence-electron chi connectivity index (χ1n) is 8.13. The Morgan fingerprint density at radius 1 is 0.963 bits per heavy atom. The van der Waals surface area contributed by atoms with Crippen molar-refractivity contribution >= 4 is 27.5 Å². The molecule has 1 N–H and O–H groups in total. The molecule has 2 aromatic heterocycles. The van der Waals surface area contributed by atoms with Gasteiger partial charge in [0.1, 0.15) is 5.69 Å². The van der Waals surface area contributed by atoms with Crippen LogP contribution >= 0.6 is 15.9 Å². The molecule has 0 spiro atoms. The smallest absolute Gasteiger partial charge is 0.260 e. The third-order valence-corrected chi connectivity index (χ3v) is 4.54. The average Bonchev–Trinajstić information content (AvgIpc) is 3.19. The average molecular weight is 421 g/mol. The molecule has 2 heterocycles. The van der Waals surface area contributed by atoms with Crippen molar-refractivity contribution in [2.75, 3.05) is 5.32 Å². The molecule has 132 valence electrons. The number of hydrogen-bond donors (Lipinski definition) is 1. The van der Waals surface area contributed by atoms with Gasteiger partial charge in [-0.05, 0) is 52.3 Å². The number of anilines is 1. The highest BCUT2D eigenvalue weighted by Gasteiger charge is 2.17. The minimum atomic E-state index is -0.237. The van der Waals surface area contributed by atoms with Crippen LogP contribution in [0.5, 0.6) is 0 Å². The van der Waals surface area contributed by atoms with Gasteiger partial charge in [0.25, 0.3) is 11.8 Å². The molecule has 1 amide bonds. The van der Waals surface area contributed by atoms with Crippen molar-refractivity contribution in [3.63, 3.8) is 0 Å². The second-order valence-corrected chi connectivity index (χ2v) is 6.47. The van der Waals surface area contributed by atoms with E-state index in [-0.39, 0.29) is 5.91 Å². The van der Waals surface area contributed by atoms with Crippen LogP contribution in [-0.2, 0) is 0 Å². The minimum Gasteiger partial charge on any atom is -0.333 e. The van der Waals surface area contributed by atoms with Gasteiger partial charge in [-0.15, -0.1) is 0 Å². The molecule has 0 saturated carbocycles. The second-order valence-electron chi connectivity index (χ2n) is 5.62. The molecule has 0 fully saturated rings. The lowest BCUT2D eigenvalue weighted by atomic mass is 10.1. The molecule has 27 heavy (non-hydrogen) atoms. The van der Waals surface area contributed by atoms with Crippen molar-refractivity contribution < 1.29 is 9.32 Å². The van der Waals surface area contributed by atoms with Gasteiger partial charge >= 0.3 is 0 Å². The molecule has 0 saturated heterocycles. The first-order chi connectivity index (χ1) is 13.2. The minimum absolute atomic E-state index is 0.237. The Kier molecular flexibility index (Phi) is 4.76. The number of nitrogens with zero attached hydrogens (tertiary/aromatic N) is 3. The molecule has 4 aromatic rings. The van der Waals surface area contributed by atoms with E-state index in [4.69, 9.17) is 4.52 Å². The van der Waals surface area contributed by atoms with E-state index in [1.54, 1.807) is 24.4 Å². The summed E-state index contributed by atoms with van der Waals surface area (Å²) in [7, 11) is 0. The van der Waals surface area contributed by atoms with E-state index >= 15 is 0 Å². The van der Waals surface area contributed by atoms with Crippen molar-refractivity contribution in [1.82, 2.24) is 15.1 Å². The van der Waals surface area contributed by atoms with Crippen molar-refractivity contribution in [3.05, 3.63) is 83.0 Å². The molecule has 0 aliphatic heterocycles. The summed E-state index contributed by atoms with van der Waals surface area (Å²) in [6, 6.07) is 20.0. The maximum Gasteiger partial charge on any atom is 0.260 e. The number of aromatic nitrogens is 3. The van der Waals surface area contributed by atoms with Gasteiger partial charge in [0, 0.05) is 10.7 Å². The Bertz CT molecular complexity index is 1100. The standard InChI is InChI=1S/C20H13BrN4O2/c21-15-9-3-1-7-13(15)19(26)23-16-10-4-2-8-14(16)20-24-18(25-27-20)17-11-5-6-12-22-17/h1-12H,(H,23,26). The van der Waals surface area contributed by atoms with Gasteiger partial charge in [0.05, 0.1) is 16.8 Å². The van der Waals surface area contributed by atoms with Gasteiger partial charge in [-0.25, -0.2) is 0 Å². The Balaban J connectivity index is 1.65. The largest absolute Gasteiger partial charge is 0.333 e. The molecular formula is C20H13BrN4O2. The monoisotopic (exact) mass is 420 g/mol. The van der Waals surface area contributed by atoms with Crippen LogP contribution in [0, 0.1) is 0 Å². The number of benzene rings is 2. The van der Waals surface area contributed by atoms with E-state index in [1.165, 1.54) is 0 Å². The third-order valence-electron chi connectivity index (χ3n) is 3.84. The number of hydrogen-bond acceptors (Lipinski definition) is 5. The van der Waals surface area contributed by atoms with Crippen molar-refractivity contribution in [3.8, 4) is 23.0 Å². The summed E-state index contributed by atoms with van der Waals surface area (Å²) in [4.78, 5) is 21.3. The number of halogens is 1. The Hall–Kier alpha value is -3.32. The fourth-order valence-electron chi connectivity index (χ4n) is 2.55. The van der Waals surface area contributed by atoms with Crippen LogP contribution in [-0.4, -0.2) is 21.0 Å². The third kappa shape index (κ3) is 3.63. The first-order valence-corrected chi connectivity index (χ1v) is 8.92. The molecule has 0 unspecified atom stereocenters. The summed E-state index contributed by atoms with van der Waals surface area (Å²) in [5, 5.41) is 6.89. The van der Waals surface area contributed by atoms with Gasteiger partial charge < -0.3 is 9.84 Å². The van der Waals surface area contributed by atoms with Gasteiger partial charge in [0.2, 0.25) is 5.82 Å². The summed E-state index contributed by atoms with van der Waals surface area (Å²) < 4.78 is 6.11. The van der Waals surface area contributed by atoms with Crippen molar-refractivity contribution in [1.29, 1.82) is 0 Å². The number of nitrogens with one attached hydrogen (secondary N) is 1. The number of carbonyl (C=O) groups is 1. The molecule has 2 aromatic carbocycles. The first kappa shape index (κ1) is 17.1. The molecular weight excluding hydrogens is 408 g/mol. The quantitative estimate of drug-likeness (QED) is 0.511. The Morgan fingerprint density at radius 2 is 1.74 bits per heavy atom. The molecule has 0 aliphatic rings. The summed E-state index contributed by atoms with van der Waals surface area (Å²) >= 11 is 3.39. The molecule has 0 aliphatic carbocycles. The zero-order chi connectivity index (χ0) is 18.6. The summed E-state index contributed by atoms with van der Waals surface area (Å²) in [6.45, 7) is 0. The van der Waals surface area contributed by atoms with E-state index in [1.807, 2.05) is 48.5 Å². The summed E-state index contributed by atoms with van der Waals surface area (Å²) in [5.41, 5.74) is 2.36. The van der Waals surface area contributed by atoms with Crippen LogP contribution < -0.4 is 5.32 Å². The lowest BCUT2D eigenvalue weighted by molar-refractivity contribution is 0.102. The van der Waals surface area contributed by atoms with Crippen LogP contribution in [0.2, 0.25) is 0 Å². The van der Waals surface area contributed by atoms with Gasteiger partial charge in [-0.2, -0.15) is 4.98 Å². The number of rotatable bonds is 4. The molecule has 6 nitrogen and oxygen atoms in total. The Labute approximate surface area is 163 Å². The molecule has 7 heteroatoms. The van der Waals surface area contributed by atoms with Crippen LogP contribution in [0.4, 0.5) is 5.69 Å². The Morgan fingerprint density at radius 3 is 2.56 bits per heavy atom. The maximum absolute atomic E-state index is 12.6. The SMILES string of the molecule is O=C(Nc1ccccc1-c1nc(-c2ccccn2)no1)c1ccccc1Br. The maximum atomic E-state index is 12.6. The van der Waals surface area contributed by atoms with Crippen molar-refractivity contribution in [2.45, 2.75) is 0 Å². The highest BCUT2D eigenvalue weighted by Crippen LogP contribution is 2.29. The van der Waals surface area contributed by atoms with Gasteiger partial charge in [-0.3, -0.25) is 9.78 Å². The zero-order valence-corrected chi connectivity index (χ0v) is 15.6. The van der Waals surface area contributed by atoms with E-state index in [0.29, 0.717) is 34.2 Å². The fourth-order valence-corrected chi connectivity index (χ4v) is 3.01. The lowest BCUT2D eigenvalue weighted by Crippen LogP contribution is -2.13. The predicted molar refractivity (Wildman–Crippen MR) is 105 cm³/mol. The van der Waals surface area contributed by atoms with Crippen LogP contribution in [0.3, 0.4) is 0 Å². The summed E-state index contributed by atoms with van der Waals surface area (Å²) in [5.74, 6) is 0.454. The summed E-state index contributed by atoms with van der Waals surface area (Å²) in [6.07, 6.45) is 1.66. The number of para-hydroxylation sites is 1. The number of amides is 1. The van der Waals surface area contributed by atoms with Crippen LogP contribution in [0.15, 0.2) is 81.9 Å². The van der Waals surface area contributed by atoms with Crippen LogP contribution in [0.1, 0.15) is 10.4 Å². The van der Waals surface area contributed by atoms with E-state index in [0.717, 1.165) is 4.47 Å². The van der Waals surface area contributed by atoms with E-state index in [9.17, 15) is 4.79 Å². The topological polar surface area (TPSA) is 80.9 Å². The highest BCUT2D eigenvalue weighted by molar-refractivity contribution is 9.10. The fraction of sp³-hybridized carbons (Fsp3) is 0. The zero-order valence-electron chi connectivity index (χ0n) is 14.0. The lowest BCUT2D eigenvalue weighted by Gasteiger charge is -2.09.